The molecule has 0 radical (unpaired) electrons. The lowest BCUT2D eigenvalue weighted by Crippen LogP contribution is -2.12. The van der Waals surface area contributed by atoms with Crippen LogP contribution >= 0.6 is 0 Å². The van der Waals surface area contributed by atoms with Crippen molar-refractivity contribution in [2.45, 2.75) is 33.6 Å². The fourth-order valence-electron chi connectivity index (χ4n) is 4.14. The number of aromatic nitrogens is 3. The summed E-state index contributed by atoms with van der Waals surface area (Å²) in [6.45, 7) is 9.70. The Balaban J connectivity index is 1.73. The van der Waals surface area contributed by atoms with Gasteiger partial charge in [0.25, 0.3) is 0 Å². The quantitative estimate of drug-likeness (QED) is 0.285. The van der Waals surface area contributed by atoms with Gasteiger partial charge in [-0.05, 0) is 55.4 Å². The minimum Gasteiger partial charge on any atom is -0.355 e. The molecule has 2 aromatic rings. The topological polar surface area (TPSA) is 52.3 Å². The number of nitrogens with zero attached hydrogens (tertiary/aromatic N) is 4. The lowest BCUT2D eigenvalue weighted by Gasteiger charge is -2.20. The second kappa shape index (κ2) is 9.48. The van der Waals surface area contributed by atoms with Crippen molar-refractivity contribution < 1.29 is 13.6 Å². The van der Waals surface area contributed by atoms with Gasteiger partial charge in [-0.2, -0.15) is 0 Å². The number of para-hydroxylation sites is 1. The zero-order valence-electron chi connectivity index (χ0n) is 18.9. The Morgan fingerprint density at radius 1 is 1.15 bits per heavy atom. The smallest absolute Gasteiger partial charge is 0.180 e. The molecule has 33 heavy (non-hydrogen) atoms. The van der Waals surface area contributed by atoms with Crippen LogP contribution in [-0.4, -0.2) is 20.7 Å². The molecule has 2 unspecified atom stereocenters. The van der Waals surface area contributed by atoms with Crippen LogP contribution in [0.5, 0.6) is 0 Å². The average molecular weight is 449 g/mol. The van der Waals surface area contributed by atoms with E-state index in [0.717, 1.165) is 18.4 Å². The second-order valence-electron chi connectivity index (χ2n) is 8.33. The van der Waals surface area contributed by atoms with E-state index < -0.39 is 5.82 Å². The first-order valence-electron chi connectivity index (χ1n) is 10.9. The summed E-state index contributed by atoms with van der Waals surface area (Å²) in [5.74, 6) is -0.437. The fourth-order valence-corrected chi connectivity index (χ4v) is 4.14. The molecule has 1 aromatic carbocycles. The van der Waals surface area contributed by atoms with Gasteiger partial charge in [-0.15, -0.1) is 5.10 Å². The van der Waals surface area contributed by atoms with Crippen molar-refractivity contribution in [2.75, 3.05) is 0 Å². The zero-order valence-corrected chi connectivity index (χ0v) is 18.9. The van der Waals surface area contributed by atoms with Crippen LogP contribution in [0.25, 0.3) is 17.0 Å². The maximum Gasteiger partial charge on any atom is 0.180 e. The number of halogens is 2. The maximum atomic E-state index is 14.6. The molecule has 1 heterocycles. The highest BCUT2D eigenvalue weighted by Gasteiger charge is 2.26. The lowest BCUT2D eigenvalue weighted by atomic mass is 9.89. The molecular weight excluding hydrogens is 422 g/mol. The van der Waals surface area contributed by atoms with Gasteiger partial charge >= 0.3 is 0 Å². The van der Waals surface area contributed by atoms with E-state index >= 15 is 0 Å². The summed E-state index contributed by atoms with van der Waals surface area (Å²) in [5.41, 5.74) is 3.10. The molecule has 0 saturated heterocycles. The molecule has 1 aromatic heterocycles. The first-order valence-corrected chi connectivity index (χ1v) is 10.9. The highest BCUT2D eigenvalue weighted by atomic mass is 19.1. The Morgan fingerprint density at radius 3 is 2.64 bits per heavy atom. The summed E-state index contributed by atoms with van der Waals surface area (Å²) in [6.07, 6.45) is 10.8. The van der Waals surface area contributed by atoms with Gasteiger partial charge in [0.05, 0.1) is 5.71 Å². The predicted molar refractivity (Wildman–Crippen MR) is 126 cm³/mol. The minimum atomic E-state index is -0.419. The molecule has 0 fully saturated rings. The van der Waals surface area contributed by atoms with Gasteiger partial charge in [0.1, 0.15) is 23.0 Å². The van der Waals surface area contributed by atoms with Gasteiger partial charge in [0.2, 0.25) is 0 Å². The molecule has 0 aliphatic heterocycles. The van der Waals surface area contributed by atoms with E-state index in [9.17, 15) is 8.78 Å². The van der Waals surface area contributed by atoms with Crippen LogP contribution in [0.4, 0.5) is 8.78 Å². The molecule has 0 spiro atoms. The Hall–Kier alpha value is -3.61. The van der Waals surface area contributed by atoms with Crippen molar-refractivity contribution in [3.63, 3.8) is 0 Å². The van der Waals surface area contributed by atoms with Gasteiger partial charge in [-0.25, -0.2) is 13.5 Å². The number of rotatable bonds is 6. The van der Waals surface area contributed by atoms with Gasteiger partial charge in [-0.3, -0.25) is 0 Å². The van der Waals surface area contributed by atoms with Crippen LogP contribution in [0.3, 0.4) is 0 Å². The van der Waals surface area contributed by atoms with Gasteiger partial charge in [0.15, 0.2) is 11.5 Å². The summed E-state index contributed by atoms with van der Waals surface area (Å²) in [4.78, 5) is 5.60. The highest BCUT2D eigenvalue weighted by Crippen LogP contribution is 2.35. The molecule has 7 heteroatoms. The van der Waals surface area contributed by atoms with Crippen LogP contribution in [0.1, 0.15) is 45.0 Å². The molecule has 170 valence electrons. The maximum absolute atomic E-state index is 14.6. The molecule has 5 nitrogen and oxygen atoms in total. The number of hydrogen-bond acceptors (Lipinski definition) is 4. The first-order chi connectivity index (χ1) is 15.9. The monoisotopic (exact) mass is 448 g/mol. The van der Waals surface area contributed by atoms with Crippen molar-refractivity contribution in [1.82, 2.24) is 15.0 Å². The van der Waals surface area contributed by atoms with Crippen LogP contribution < -0.4 is 0 Å². The van der Waals surface area contributed by atoms with Crippen molar-refractivity contribution in [3.8, 4) is 5.69 Å². The molecule has 2 atom stereocenters. The SMILES string of the molecule is C=C(O/N=C(\C)C1=C(F)C=CCC1C)c1nnn(-c2ccccc2F)c1C1=CC=CCC1C. The van der Waals surface area contributed by atoms with Crippen LogP contribution in [0.15, 0.2) is 77.8 Å². The van der Waals surface area contributed by atoms with Crippen molar-refractivity contribution in [1.29, 1.82) is 0 Å². The van der Waals surface area contributed by atoms with E-state index in [1.807, 2.05) is 19.1 Å². The second-order valence-corrected chi connectivity index (χ2v) is 8.33. The van der Waals surface area contributed by atoms with E-state index in [-0.39, 0.29) is 29.1 Å². The molecule has 2 aliphatic carbocycles. The molecule has 0 N–H and O–H groups in total. The average Bonchev–Trinajstić information content (AvgIpc) is 3.22. The van der Waals surface area contributed by atoms with Gasteiger partial charge in [0, 0.05) is 5.57 Å². The van der Waals surface area contributed by atoms with E-state index in [1.54, 1.807) is 31.2 Å². The third kappa shape index (κ3) is 4.49. The highest BCUT2D eigenvalue weighted by molar-refractivity contribution is 5.99. The molecule has 0 saturated carbocycles. The zero-order chi connectivity index (χ0) is 23.5. The van der Waals surface area contributed by atoms with Crippen LogP contribution in [-0.2, 0) is 4.84 Å². The Kier molecular flexibility index (Phi) is 6.49. The van der Waals surface area contributed by atoms with E-state index in [2.05, 4.69) is 35.0 Å². The number of oxime groups is 1. The molecular formula is C26H26F2N4O. The first kappa shape index (κ1) is 22.6. The molecule has 2 aliphatic rings. The van der Waals surface area contributed by atoms with E-state index in [4.69, 9.17) is 4.84 Å². The Labute approximate surface area is 192 Å². The van der Waals surface area contributed by atoms with Gasteiger partial charge < -0.3 is 4.84 Å². The van der Waals surface area contributed by atoms with Crippen LogP contribution in [0, 0.1) is 17.7 Å². The molecule has 4 rings (SSSR count). The van der Waals surface area contributed by atoms with E-state index in [1.165, 1.54) is 16.8 Å². The Morgan fingerprint density at radius 2 is 1.91 bits per heavy atom. The summed E-state index contributed by atoms with van der Waals surface area (Å²) in [5, 5.41) is 12.6. The minimum absolute atomic E-state index is 0.00635. The third-order valence-corrected chi connectivity index (χ3v) is 5.91. The largest absolute Gasteiger partial charge is 0.355 e. The summed E-state index contributed by atoms with van der Waals surface area (Å²) in [7, 11) is 0. The summed E-state index contributed by atoms with van der Waals surface area (Å²) in [6, 6.07) is 6.37. The van der Waals surface area contributed by atoms with Crippen molar-refractivity contribution in [3.05, 3.63) is 89.8 Å². The normalized spacial score (nSPS) is 20.8. The number of hydrogen-bond donors (Lipinski definition) is 0. The van der Waals surface area contributed by atoms with E-state index in [0.29, 0.717) is 22.7 Å². The third-order valence-electron chi connectivity index (χ3n) is 5.91. The van der Waals surface area contributed by atoms with Crippen molar-refractivity contribution in [2.24, 2.45) is 17.0 Å². The predicted octanol–water partition coefficient (Wildman–Crippen LogP) is 6.57. The van der Waals surface area contributed by atoms with Crippen LogP contribution in [0.2, 0.25) is 0 Å². The standard InChI is InChI=1S/C26H26F2N4O/c1-16-10-5-6-12-20(16)26-25(29-31-32(26)23-15-8-7-13-21(23)27)19(4)33-30-18(3)24-17(2)11-9-14-22(24)28/h5-9,12-17H,4,10-11H2,1-3H3/b30-18+. The van der Waals surface area contributed by atoms with Gasteiger partial charge in [-0.1, -0.05) is 67.2 Å². The van der Waals surface area contributed by atoms with Crippen molar-refractivity contribution >= 4 is 17.0 Å². The summed E-state index contributed by atoms with van der Waals surface area (Å²) < 4.78 is 30.4. The number of benzene rings is 1. The molecule has 0 amide bonds. The number of allylic oxidation sites excluding steroid dienone is 8. The fraction of sp³-hybridized carbons (Fsp3) is 0.269. The molecule has 0 bridgehead atoms. The summed E-state index contributed by atoms with van der Waals surface area (Å²) >= 11 is 0. The lowest BCUT2D eigenvalue weighted by molar-refractivity contribution is 0.296. The Bertz CT molecular complexity index is 1230.